The van der Waals surface area contributed by atoms with Gasteiger partial charge in [0.2, 0.25) is 0 Å². The molecule has 0 unspecified atom stereocenters. The number of ether oxygens (including phenoxy) is 2. The first kappa shape index (κ1) is 15.8. The van der Waals surface area contributed by atoms with Crippen LogP contribution in [0.25, 0.3) is 0 Å². The van der Waals surface area contributed by atoms with E-state index in [1.54, 1.807) is 6.20 Å². The number of amides is 1. The highest BCUT2D eigenvalue weighted by molar-refractivity contribution is 5.78. The Hall–Kier alpha value is -1.56. The lowest BCUT2D eigenvalue weighted by Crippen LogP contribution is -2.29. The van der Waals surface area contributed by atoms with Crippen molar-refractivity contribution in [3.8, 4) is 6.01 Å². The van der Waals surface area contributed by atoms with Gasteiger partial charge in [0.25, 0.3) is 0 Å². The number of aromatic nitrogens is 2. The van der Waals surface area contributed by atoms with Gasteiger partial charge in [0.1, 0.15) is 0 Å². The zero-order valence-electron chi connectivity index (χ0n) is 13.1. The minimum absolute atomic E-state index is 0.182. The summed E-state index contributed by atoms with van der Waals surface area (Å²) < 4.78 is 12.1. The second-order valence-electron chi connectivity index (χ2n) is 5.82. The van der Waals surface area contributed by atoms with Crippen LogP contribution in [0.4, 0.5) is 4.79 Å². The highest BCUT2D eigenvalue weighted by atomic mass is 16.5. The Balaban J connectivity index is 2.03. The second kappa shape index (κ2) is 7.45. The van der Waals surface area contributed by atoms with Crippen LogP contribution in [0.2, 0.25) is 0 Å². The third-order valence-corrected chi connectivity index (χ3v) is 3.73. The molecule has 0 aromatic carbocycles. The Bertz CT molecular complexity index is 465. The molecule has 6 nitrogen and oxygen atoms in total. The summed E-state index contributed by atoms with van der Waals surface area (Å²) in [6.07, 6.45) is 4.62. The van der Waals surface area contributed by atoms with Crippen LogP contribution in [0, 0.1) is 5.92 Å². The fourth-order valence-corrected chi connectivity index (χ4v) is 2.41. The Labute approximate surface area is 125 Å². The van der Waals surface area contributed by atoms with Crippen LogP contribution in [0.15, 0.2) is 6.20 Å². The number of nitrogens with zero attached hydrogens (tertiary/aromatic N) is 2. The molecule has 0 atom stereocenters. The normalized spacial score (nSPS) is 16.2. The first-order chi connectivity index (χ1) is 10.1. The van der Waals surface area contributed by atoms with Crippen molar-refractivity contribution >= 4 is 6.03 Å². The molecular weight excluding hydrogens is 270 g/mol. The molecule has 1 saturated heterocycles. The average molecular weight is 295 g/mol. The summed E-state index contributed by atoms with van der Waals surface area (Å²) in [6, 6.07) is 0.164. The van der Waals surface area contributed by atoms with E-state index in [2.05, 4.69) is 24.1 Å². The van der Waals surface area contributed by atoms with Gasteiger partial charge in [-0.2, -0.15) is 4.98 Å². The summed E-state index contributed by atoms with van der Waals surface area (Å²) in [6.45, 7) is 6.42. The number of nitrogens with one attached hydrogen (secondary N) is 1. The van der Waals surface area contributed by atoms with Crippen molar-refractivity contribution in [3.63, 3.8) is 0 Å². The first-order valence-corrected chi connectivity index (χ1v) is 7.61. The van der Waals surface area contributed by atoms with Gasteiger partial charge in [-0.3, -0.25) is 0 Å². The maximum atomic E-state index is 12.2. The number of rotatable bonds is 5. The molecule has 0 bridgehead atoms. The fourth-order valence-electron chi connectivity index (χ4n) is 2.41. The predicted molar refractivity (Wildman–Crippen MR) is 79.8 cm³/mol. The quantitative estimate of drug-likeness (QED) is 0.906. The highest BCUT2D eigenvalue weighted by Gasteiger charge is 2.22. The molecule has 118 valence electrons. The lowest BCUT2D eigenvalue weighted by molar-refractivity contribution is 0.0845. The summed E-state index contributed by atoms with van der Waals surface area (Å²) in [5, 5.41) is 2.90. The van der Waals surface area contributed by atoms with E-state index in [1.807, 2.05) is 0 Å². The summed E-state index contributed by atoms with van der Waals surface area (Å²) in [5.41, 5.74) is 0.911. The van der Waals surface area contributed by atoms with Crippen molar-refractivity contribution in [2.45, 2.75) is 39.0 Å². The first-order valence-electron chi connectivity index (χ1n) is 7.61. The minimum Gasteiger partial charge on any atom is -0.468 e. The third-order valence-electron chi connectivity index (χ3n) is 3.73. The van der Waals surface area contributed by atoms with Gasteiger partial charge >= 0.3 is 12.0 Å². The molecule has 21 heavy (non-hydrogen) atoms. The van der Waals surface area contributed by atoms with Gasteiger partial charge < -0.3 is 14.8 Å². The molecule has 1 amide bonds. The molecule has 1 fully saturated rings. The molecule has 0 radical (unpaired) electrons. The molecule has 2 rings (SSSR count). The van der Waals surface area contributed by atoms with Crippen LogP contribution in [-0.2, 0) is 4.74 Å². The molecule has 1 aromatic heterocycles. The van der Waals surface area contributed by atoms with Crippen molar-refractivity contribution < 1.29 is 14.3 Å². The van der Waals surface area contributed by atoms with Crippen molar-refractivity contribution in [3.05, 3.63) is 11.9 Å². The lowest BCUT2D eigenvalue weighted by atomic mass is 9.97. The zero-order valence-corrected chi connectivity index (χ0v) is 13.1. The van der Waals surface area contributed by atoms with Gasteiger partial charge in [0, 0.05) is 31.9 Å². The Morgan fingerprint density at radius 3 is 2.86 bits per heavy atom. The monoisotopic (exact) mass is 295 g/mol. The number of carbonyl (C=O) groups is 1. The molecule has 1 aliphatic heterocycles. The van der Waals surface area contributed by atoms with Crippen molar-refractivity contribution in [2.75, 3.05) is 26.9 Å². The van der Waals surface area contributed by atoms with Crippen LogP contribution < -0.4 is 10.1 Å². The SMILES string of the molecule is COc1nc(C2CCOCC2)cn1C(=O)NCCC(C)C. The maximum absolute atomic E-state index is 12.2. The van der Waals surface area contributed by atoms with E-state index in [0.29, 0.717) is 24.4 Å². The smallest absolute Gasteiger partial charge is 0.329 e. The van der Waals surface area contributed by atoms with Gasteiger partial charge in [-0.15, -0.1) is 0 Å². The fraction of sp³-hybridized carbons (Fsp3) is 0.733. The van der Waals surface area contributed by atoms with Crippen molar-refractivity contribution in [1.82, 2.24) is 14.9 Å². The van der Waals surface area contributed by atoms with Crippen LogP contribution in [0.5, 0.6) is 6.01 Å². The number of hydrogen-bond acceptors (Lipinski definition) is 4. The number of carbonyl (C=O) groups excluding carboxylic acids is 1. The summed E-state index contributed by atoms with van der Waals surface area (Å²) in [5.74, 6) is 0.908. The van der Waals surface area contributed by atoms with E-state index >= 15 is 0 Å². The molecule has 0 aliphatic carbocycles. The van der Waals surface area contributed by atoms with Crippen LogP contribution in [-0.4, -0.2) is 42.5 Å². The van der Waals surface area contributed by atoms with E-state index in [9.17, 15) is 4.79 Å². The van der Waals surface area contributed by atoms with Crippen molar-refractivity contribution in [2.24, 2.45) is 5.92 Å². The molecule has 1 aromatic rings. The van der Waals surface area contributed by atoms with Crippen molar-refractivity contribution in [1.29, 1.82) is 0 Å². The van der Waals surface area contributed by atoms with Gasteiger partial charge in [-0.05, 0) is 25.2 Å². The Morgan fingerprint density at radius 1 is 1.52 bits per heavy atom. The van der Waals surface area contributed by atoms with Gasteiger partial charge in [0.15, 0.2) is 0 Å². The molecule has 1 aliphatic rings. The van der Waals surface area contributed by atoms with Crippen LogP contribution in [0.3, 0.4) is 0 Å². The van der Waals surface area contributed by atoms with E-state index < -0.39 is 0 Å². The average Bonchev–Trinajstić information content (AvgIpc) is 2.92. The maximum Gasteiger partial charge on any atom is 0.329 e. The summed E-state index contributed by atoms with van der Waals surface area (Å²) >= 11 is 0. The largest absolute Gasteiger partial charge is 0.468 e. The Kier molecular flexibility index (Phi) is 5.61. The molecule has 0 spiro atoms. The van der Waals surface area contributed by atoms with E-state index in [-0.39, 0.29) is 6.03 Å². The van der Waals surface area contributed by atoms with Crippen LogP contribution in [0.1, 0.15) is 44.7 Å². The van der Waals surface area contributed by atoms with Gasteiger partial charge in [-0.1, -0.05) is 13.8 Å². The highest BCUT2D eigenvalue weighted by Crippen LogP contribution is 2.27. The van der Waals surface area contributed by atoms with Gasteiger partial charge in [-0.25, -0.2) is 9.36 Å². The lowest BCUT2D eigenvalue weighted by Gasteiger charge is -2.19. The van der Waals surface area contributed by atoms with Crippen LogP contribution >= 0.6 is 0 Å². The summed E-state index contributed by atoms with van der Waals surface area (Å²) in [4.78, 5) is 16.7. The third kappa shape index (κ3) is 4.20. The Morgan fingerprint density at radius 2 is 2.24 bits per heavy atom. The zero-order chi connectivity index (χ0) is 15.2. The number of hydrogen-bond donors (Lipinski definition) is 1. The van der Waals surface area contributed by atoms with E-state index in [0.717, 1.165) is 38.2 Å². The molecule has 2 heterocycles. The summed E-state index contributed by atoms with van der Waals surface area (Å²) in [7, 11) is 1.54. The molecule has 1 N–H and O–H groups in total. The molecule has 0 saturated carbocycles. The number of methoxy groups -OCH3 is 1. The predicted octanol–water partition coefficient (Wildman–Crippen LogP) is 2.39. The minimum atomic E-state index is -0.182. The number of imidazole rings is 1. The van der Waals surface area contributed by atoms with Gasteiger partial charge in [0.05, 0.1) is 12.8 Å². The van der Waals surface area contributed by atoms with E-state index in [1.165, 1.54) is 11.7 Å². The second-order valence-corrected chi connectivity index (χ2v) is 5.82. The standard InChI is InChI=1S/C15H25N3O3/c1-11(2)4-7-16-14(19)18-10-13(17-15(18)20-3)12-5-8-21-9-6-12/h10-12H,4-9H2,1-3H3,(H,16,19). The van der Waals surface area contributed by atoms with E-state index in [4.69, 9.17) is 9.47 Å². The molecular formula is C15H25N3O3. The topological polar surface area (TPSA) is 65.4 Å². The molecule has 6 heteroatoms.